The number of hydrogen-bond acceptors (Lipinski definition) is 5. The number of fused-ring (bicyclic) bond motifs is 1. The molecule has 1 aromatic heterocycles. The summed E-state index contributed by atoms with van der Waals surface area (Å²) in [5, 5.41) is 0. The van der Waals surface area contributed by atoms with Crippen molar-refractivity contribution >= 4 is 22.6 Å². The smallest absolute Gasteiger partial charge is 0.238 e. The van der Waals surface area contributed by atoms with Crippen LogP contribution in [0.4, 0.5) is 0 Å². The van der Waals surface area contributed by atoms with Gasteiger partial charge >= 0.3 is 0 Å². The average molecular weight is 346 g/mol. The van der Waals surface area contributed by atoms with Gasteiger partial charge in [0.2, 0.25) is 5.88 Å². The van der Waals surface area contributed by atoms with Gasteiger partial charge in [0.05, 0.1) is 17.2 Å². The van der Waals surface area contributed by atoms with Gasteiger partial charge in [0.1, 0.15) is 23.2 Å². The highest BCUT2D eigenvalue weighted by molar-refractivity contribution is 6.13. The van der Waals surface area contributed by atoms with Gasteiger partial charge in [-0.15, -0.1) is 0 Å². The third-order valence-electron chi connectivity index (χ3n) is 4.72. The topological polar surface area (TPSA) is 69.2 Å². The van der Waals surface area contributed by atoms with E-state index in [4.69, 9.17) is 4.74 Å². The number of aryl methyl sites for hydroxylation is 1. The molecule has 3 aromatic rings. The fourth-order valence-corrected chi connectivity index (χ4v) is 3.40. The molecular weight excluding hydrogens is 328 g/mol. The van der Waals surface area contributed by atoms with Gasteiger partial charge in [-0.3, -0.25) is 9.59 Å². The summed E-state index contributed by atoms with van der Waals surface area (Å²) in [7, 11) is 0. The van der Waals surface area contributed by atoms with Crippen LogP contribution in [0.1, 0.15) is 36.8 Å². The standard InChI is InChI=1S/C21H18N2O3/c1-2-13-7-8-14(11-15(13)21-18(24)9-10-19(21)25)26-20-12-22-16-5-3-4-6-17(16)23-20/h3-8,11-12,21H,2,9-10H2,1H3. The molecule has 130 valence electrons. The quantitative estimate of drug-likeness (QED) is 0.668. The van der Waals surface area contributed by atoms with Crippen LogP contribution in [-0.2, 0) is 16.0 Å². The zero-order valence-electron chi connectivity index (χ0n) is 14.4. The fourth-order valence-electron chi connectivity index (χ4n) is 3.40. The Bertz CT molecular complexity index is 997. The van der Waals surface area contributed by atoms with Crippen molar-refractivity contribution in [2.24, 2.45) is 0 Å². The van der Waals surface area contributed by atoms with Crippen LogP contribution in [0.25, 0.3) is 11.0 Å². The average Bonchev–Trinajstić information content (AvgIpc) is 3.00. The molecule has 1 aliphatic carbocycles. The Labute approximate surface area is 151 Å². The predicted molar refractivity (Wildman–Crippen MR) is 97.4 cm³/mol. The van der Waals surface area contributed by atoms with E-state index in [0.29, 0.717) is 24.5 Å². The predicted octanol–water partition coefficient (Wildman–Crippen LogP) is 4.00. The monoisotopic (exact) mass is 346 g/mol. The van der Waals surface area contributed by atoms with Crippen LogP contribution < -0.4 is 4.74 Å². The van der Waals surface area contributed by atoms with Gasteiger partial charge in [-0.05, 0) is 41.8 Å². The molecule has 26 heavy (non-hydrogen) atoms. The molecule has 5 heteroatoms. The third-order valence-corrected chi connectivity index (χ3v) is 4.72. The molecule has 0 aliphatic heterocycles. The van der Waals surface area contributed by atoms with E-state index in [0.717, 1.165) is 28.6 Å². The van der Waals surface area contributed by atoms with Gasteiger partial charge in [0.25, 0.3) is 0 Å². The molecule has 0 saturated heterocycles. The van der Waals surface area contributed by atoms with Gasteiger partial charge < -0.3 is 4.74 Å². The summed E-state index contributed by atoms with van der Waals surface area (Å²) < 4.78 is 5.86. The Kier molecular flexibility index (Phi) is 4.21. The Hall–Kier alpha value is -3.08. The van der Waals surface area contributed by atoms with Gasteiger partial charge in [0, 0.05) is 12.8 Å². The normalized spacial score (nSPS) is 15.0. The van der Waals surface area contributed by atoms with Crippen molar-refractivity contribution in [3.8, 4) is 11.6 Å². The van der Waals surface area contributed by atoms with Crippen LogP contribution in [0.15, 0.2) is 48.7 Å². The SMILES string of the molecule is CCc1ccc(Oc2cnc3ccccc3n2)cc1C1C(=O)CCC1=O. The van der Waals surface area contributed by atoms with E-state index in [-0.39, 0.29) is 11.6 Å². The highest BCUT2D eigenvalue weighted by Gasteiger charge is 2.35. The lowest BCUT2D eigenvalue weighted by Gasteiger charge is -2.15. The van der Waals surface area contributed by atoms with Crippen molar-refractivity contribution in [1.29, 1.82) is 0 Å². The Morgan fingerprint density at radius 2 is 1.77 bits per heavy atom. The molecule has 0 radical (unpaired) electrons. The zero-order valence-corrected chi connectivity index (χ0v) is 14.4. The summed E-state index contributed by atoms with van der Waals surface area (Å²) in [6.45, 7) is 2.01. The number of carbonyl (C=O) groups is 2. The number of aromatic nitrogens is 2. The summed E-state index contributed by atoms with van der Waals surface area (Å²) >= 11 is 0. The maximum absolute atomic E-state index is 12.2. The van der Waals surface area contributed by atoms with Crippen molar-refractivity contribution in [1.82, 2.24) is 9.97 Å². The summed E-state index contributed by atoms with van der Waals surface area (Å²) in [4.78, 5) is 33.2. The molecule has 1 heterocycles. The van der Waals surface area contributed by atoms with Gasteiger partial charge in [-0.25, -0.2) is 9.97 Å². The molecule has 1 aliphatic rings. The van der Waals surface area contributed by atoms with Gasteiger partial charge in [-0.1, -0.05) is 25.1 Å². The second kappa shape index (κ2) is 6.67. The van der Waals surface area contributed by atoms with Crippen LogP contribution in [-0.4, -0.2) is 21.5 Å². The van der Waals surface area contributed by atoms with E-state index in [1.54, 1.807) is 12.3 Å². The summed E-state index contributed by atoms with van der Waals surface area (Å²) in [6.07, 6.45) is 2.98. The number of benzene rings is 2. The van der Waals surface area contributed by atoms with Crippen molar-refractivity contribution in [2.45, 2.75) is 32.1 Å². The van der Waals surface area contributed by atoms with Gasteiger partial charge in [-0.2, -0.15) is 0 Å². The molecule has 0 amide bonds. The van der Waals surface area contributed by atoms with Crippen LogP contribution in [0, 0.1) is 0 Å². The minimum atomic E-state index is -0.656. The van der Waals surface area contributed by atoms with Crippen LogP contribution >= 0.6 is 0 Å². The minimum Gasteiger partial charge on any atom is -0.437 e. The number of para-hydroxylation sites is 2. The molecule has 4 rings (SSSR count). The maximum Gasteiger partial charge on any atom is 0.238 e. The Morgan fingerprint density at radius 1 is 1.04 bits per heavy atom. The first kappa shape index (κ1) is 16.4. The first-order valence-electron chi connectivity index (χ1n) is 8.73. The second-order valence-electron chi connectivity index (χ2n) is 6.38. The van der Waals surface area contributed by atoms with E-state index in [1.165, 1.54) is 0 Å². The molecular formula is C21H18N2O3. The van der Waals surface area contributed by atoms with Crippen molar-refractivity contribution in [3.05, 3.63) is 59.8 Å². The number of ether oxygens (including phenoxy) is 1. The third kappa shape index (κ3) is 2.96. The fraction of sp³-hybridized carbons (Fsp3) is 0.238. The molecule has 0 N–H and O–H groups in total. The first-order valence-corrected chi connectivity index (χ1v) is 8.73. The molecule has 2 aromatic carbocycles. The molecule has 0 spiro atoms. The Morgan fingerprint density at radius 3 is 2.50 bits per heavy atom. The summed E-state index contributed by atoms with van der Waals surface area (Å²) in [5.74, 6) is 0.258. The number of Topliss-reactive ketones (excluding diaryl/α,β-unsaturated/α-hetero) is 2. The molecule has 0 bridgehead atoms. The molecule has 0 atom stereocenters. The van der Waals surface area contributed by atoms with Crippen LogP contribution in [0.3, 0.4) is 0 Å². The Balaban J connectivity index is 1.69. The van der Waals surface area contributed by atoms with E-state index in [2.05, 4.69) is 9.97 Å². The number of ketones is 2. The summed E-state index contributed by atoms with van der Waals surface area (Å²) in [6, 6.07) is 13.1. The highest BCUT2D eigenvalue weighted by Crippen LogP contribution is 2.34. The van der Waals surface area contributed by atoms with Crippen LogP contribution in [0.2, 0.25) is 0 Å². The van der Waals surface area contributed by atoms with E-state index < -0.39 is 5.92 Å². The zero-order chi connectivity index (χ0) is 18.1. The number of rotatable bonds is 4. The van der Waals surface area contributed by atoms with Gasteiger partial charge in [0.15, 0.2) is 0 Å². The number of carbonyl (C=O) groups excluding carboxylic acids is 2. The molecule has 1 saturated carbocycles. The number of nitrogens with zero attached hydrogens (tertiary/aromatic N) is 2. The van der Waals surface area contributed by atoms with Crippen molar-refractivity contribution in [3.63, 3.8) is 0 Å². The first-order chi connectivity index (χ1) is 12.7. The number of hydrogen-bond donors (Lipinski definition) is 0. The second-order valence-corrected chi connectivity index (χ2v) is 6.38. The maximum atomic E-state index is 12.2. The van der Waals surface area contributed by atoms with Crippen molar-refractivity contribution < 1.29 is 14.3 Å². The lowest BCUT2D eigenvalue weighted by molar-refractivity contribution is -0.123. The van der Waals surface area contributed by atoms with E-state index >= 15 is 0 Å². The largest absolute Gasteiger partial charge is 0.437 e. The highest BCUT2D eigenvalue weighted by atomic mass is 16.5. The van der Waals surface area contributed by atoms with E-state index in [1.807, 2.05) is 43.3 Å². The minimum absolute atomic E-state index is 0.00709. The summed E-state index contributed by atoms with van der Waals surface area (Å²) in [5.41, 5.74) is 3.29. The molecule has 1 fully saturated rings. The van der Waals surface area contributed by atoms with E-state index in [9.17, 15) is 9.59 Å². The van der Waals surface area contributed by atoms with Crippen molar-refractivity contribution in [2.75, 3.05) is 0 Å². The lowest BCUT2D eigenvalue weighted by atomic mass is 9.90. The van der Waals surface area contributed by atoms with Crippen LogP contribution in [0.5, 0.6) is 11.6 Å². The molecule has 5 nitrogen and oxygen atoms in total. The lowest BCUT2D eigenvalue weighted by Crippen LogP contribution is -2.14. The molecule has 0 unspecified atom stereocenters.